The summed E-state index contributed by atoms with van der Waals surface area (Å²) in [6.45, 7) is 0. The molecule has 0 aliphatic rings. The third-order valence-electron chi connectivity index (χ3n) is 3.86. The zero-order valence-corrected chi connectivity index (χ0v) is 17.1. The van der Waals surface area contributed by atoms with Crippen molar-refractivity contribution in [2.75, 3.05) is 12.4 Å². The SMILES string of the molecule is COc1ccccc1Nc1nnc(SCc2nc(-c3cccc([N+](=O)[O-])c3)no2)s1. The van der Waals surface area contributed by atoms with Gasteiger partial charge in [-0.3, -0.25) is 10.1 Å². The molecule has 0 aliphatic carbocycles. The van der Waals surface area contributed by atoms with Crippen molar-refractivity contribution in [2.24, 2.45) is 0 Å². The van der Waals surface area contributed by atoms with E-state index < -0.39 is 4.92 Å². The molecule has 12 heteroatoms. The van der Waals surface area contributed by atoms with Crippen molar-refractivity contribution in [1.82, 2.24) is 20.3 Å². The van der Waals surface area contributed by atoms with E-state index in [1.54, 1.807) is 19.2 Å². The second-order valence-electron chi connectivity index (χ2n) is 5.81. The lowest BCUT2D eigenvalue weighted by Gasteiger charge is -2.07. The number of aromatic nitrogens is 4. The highest BCUT2D eigenvalue weighted by molar-refractivity contribution is 8.00. The normalized spacial score (nSPS) is 10.7. The number of benzene rings is 2. The van der Waals surface area contributed by atoms with Gasteiger partial charge in [0.15, 0.2) is 4.34 Å². The van der Waals surface area contributed by atoms with E-state index in [2.05, 4.69) is 25.7 Å². The summed E-state index contributed by atoms with van der Waals surface area (Å²) in [5, 5.41) is 26.9. The molecule has 2 heterocycles. The number of non-ortho nitro benzene ring substituents is 1. The van der Waals surface area contributed by atoms with Crippen molar-refractivity contribution in [3.63, 3.8) is 0 Å². The molecule has 0 saturated carbocycles. The minimum Gasteiger partial charge on any atom is -0.495 e. The van der Waals surface area contributed by atoms with Crippen LogP contribution in [0.1, 0.15) is 5.89 Å². The topological polar surface area (TPSA) is 129 Å². The van der Waals surface area contributed by atoms with Crippen LogP contribution in [0.2, 0.25) is 0 Å². The molecule has 4 rings (SSSR count). The lowest BCUT2D eigenvalue weighted by Crippen LogP contribution is -1.93. The summed E-state index contributed by atoms with van der Waals surface area (Å²) in [7, 11) is 1.61. The molecule has 0 spiro atoms. The fourth-order valence-corrected chi connectivity index (χ4v) is 4.10. The molecule has 4 aromatic rings. The molecule has 0 bridgehead atoms. The van der Waals surface area contributed by atoms with E-state index in [9.17, 15) is 10.1 Å². The van der Waals surface area contributed by atoms with Gasteiger partial charge in [0, 0.05) is 17.7 Å². The van der Waals surface area contributed by atoms with Crippen molar-refractivity contribution < 1.29 is 14.2 Å². The maximum atomic E-state index is 10.9. The first kappa shape index (κ1) is 19.8. The average molecular weight is 442 g/mol. The second-order valence-corrected chi connectivity index (χ2v) is 8.01. The number of ether oxygens (including phenoxy) is 1. The van der Waals surface area contributed by atoms with Crippen LogP contribution in [0.15, 0.2) is 57.4 Å². The first-order valence-electron chi connectivity index (χ1n) is 8.56. The molecule has 1 N–H and O–H groups in total. The Labute approximate surface area is 178 Å². The number of methoxy groups -OCH3 is 1. The smallest absolute Gasteiger partial charge is 0.270 e. The van der Waals surface area contributed by atoms with Gasteiger partial charge in [0.2, 0.25) is 16.8 Å². The molecule has 2 aromatic carbocycles. The number of nitrogens with zero attached hydrogens (tertiary/aromatic N) is 5. The van der Waals surface area contributed by atoms with Crippen LogP contribution in [0.5, 0.6) is 5.75 Å². The van der Waals surface area contributed by atoms with Crippen LogP contribution in [0, 0.1) is 10.1 Å². The van der Waals surface area contributed by atoms with Crippen molar-refractivity contribution in [3.05, 3.63) is 64.5 Å². The van der Waals surface area contributed by atoms with Crippen LogP contribution in [0.3, 0.4) is 0 Å². The van der Waals surface area contributed by atoms with Crippen molar-refractivity contribution in [3.8, 4) is 17.1 Å². The number of thioether (sulfide) groups is 1. The third kappa shape index (κ3) is 4.55. The summed E-state index contributed by atoms with van der Waals surface area (Å²) in [6, 6.07) is 13.6. The first-order valence-corrected chi connectivity index (χ1v) is 10.4. The molecule has 0 saturated heterocycles. The van der Waals surface area contributed by atoms with Gasteiger partial charge in [-0.15, -0.1) is 10.2 Å². The molecule has 152 valence electrons. The van der Waals surface area contributed by atoms with Crippen LogP contribution >= 0.6 is 23.1 Å². The Kier molecular flexibility index (Phi) is 5.86. The molecule has 0 amide bonds. The molecule has 30 heavy (non-hydrogen) atoms. The van der Waals surface area contributed by atoms with Crippen molar-refractivity contribution in [2.45, 2.75) is 10.1 Å². The predicted molar refractivity (Wildman–Crippen MR) is 112 cm³/mol. The van der Waals surface area contributed by atoms with Gasteiger partial charge >= 0.3 is 0 Å². The third-order valence-corrected chi connectivity index (χ3v) is 5.81. The molecule has 2 aromatic heterocycles. The molecular formula is C18H14N6O4S2. The minimum absolute atomic E-state index is 0.0304. The Bertz CT molecular complexity index is 1180. The van der Waals surface area contributed by atoms with Gasteiger partial charge in [-0.05, 0) is 12.1 Å². The van der Waals surface area contributed by atoms with Crippen LogP contribution in [-0.2, 0) is 5.75 Å². The van der Waals surface area contributed by atoms with Gasteiger partial charge in [0.1, 0.15) is 5.75 Å². The summed E-state index contributed by atoms with van der Waals surface area (Å²) < 4.78 is 11.3. The Morgan fingerprint density at radius 2 is 2.10 bits per heavy atom. The Morgan fingerprint density at radius 3 is 2.93 bits per heavy atom. The molecule has 0 atom stereocenters. The maximum Gasteiger partial charge on any atom is 0.270 e. The van der Waals surface area contributed by atoms with Gasteiger partial charge in [0.05, 0.1) is 23.5 Å². The van der Waals surface area contributed by atoms with E-state index in [1.807, 2.05) is 24.3 Å². The molecule has 10 nitrogen and oxygen atoms in total. The highest BCUT2D eigenvalue weighted by atomic mass is 32.2. The fraction of sp³-hybridized carbons (Fsp3) is 0.111. The fourth-order valence-electron chi connectivity index (χ4n) is 2.49. The van der Waals surface area contributed by atoms with E-state index in [1.165, 1.54) is 35.2 Å². The van der Waals surface area contributed by atoms with E-state index in [-0.39, 0.29) is 5.69 Å². The number of nitrogens with one attached hydrogen (secondary N) is 1. The maximum absolute atomic E-state index is 10.9. The Hall–Kier alpha value is -3.51. The molecule has 0 radical (unpaired) electrons. The van der Waals surface area contributed by atoms with Crippen molar-refractivity contribution in [1.29, 1.82) is 0 Å². The van der Waals surface area contributed by atoms with Crippen LogP contribution in [-0.4, -0.2) is 32.4 Å². The van der Waals surface area contributed by atoms with Gasteiger partial charge in [-0.25, -0.2) is 0 Å². The Balaban J connectivity index is 1.39. The standard InChI is InChI=1S/C18H14N6O4S2/c1-27-14-8-3-2-7-13(14)19-17-21-22-18(30-17)29-10-15-20-16(23-28-15)11-5-4-6-12(9-11)24(25)26/h2-9H,10H2,1H3,(H,19,21). The van der Waals surface area contributed by atoms with E-state index >= 15 is 0 Å². The average Bonchev–Trinajstić information content (AvgIpc) is 3.42. The molecule has 0 aliphatic heterocycles. The molecule has 0 fully saturated rings. The monoisotopic (exact) mass is 442 g/mol. The van der Waals surface area contributed by atoms with Gasteiger partial charge in [0.25, 0.3) is 5.69 Å². The van der Waals surface area contributed by atoms with Crippen LogP contribution in [0.4, 0.5) is 16.5 Å². The Morgan fingerprint density at radius 1 is 1.23 bits per heavy atom. The minimum atomic E-state index is -0.466. The quantitative estimate of drug-likeness (QED) is 0.236. The number of hydrogen-bond acceptors (Lipinski definition) is 11. The summed E-state index contributed by atoms with van der Waals surface area (Å²) >= 11 is 2.78. The van der Waals surface area contributed by atoms with E-state index in [0.717, 1.165) is 10.0 Å². The summed E-state index contributed by atoms with van der Waals surface area (Å²) in [6.07, 6.45) is 0. The highest BCUT2D eigenvalue weighted by Gasteiger charge is 2.14. The van der Waals surface area contributed by atoms with Crippen LogP contribution in [0.25, 0.3) is 11.4 Å². The second kappa shape index (κ2) is 8.88. The van der Waals surface area contributed by atoms with Gasteiger partial charge in [-0.2, -0.15) is 4.98 Å². The number of nitro benzene ring substituents is 1. The van der Waals surface area contributed by atoms with Gasteiger partial charge in [-0.1, -0.05) is 52.5 Å². The summed E-state index contributed by atoms with van der Waals surface area (Å²) in [5.74, 6) is 1.79. The molecular weight excluding hydrogens is 428 g/mol. The zero-order chi connectivity index (χ0) is 20.9. The number of hydrogen-bond donors (Lipinski definition) is 1. The number of para-hydroxylation sites is 2. The number of nitro groups is 1. The van der Waals surface area contributed by atoms with Crippen LogP contribution < -0.4 is 10.1 Å². The number of anilines is 2. The predicted octanol–water partition coefficient (Wildman–Crippen LogP) is 4.54. The number of rotatable bonds is 8. The lowest BCUT2D eigenvalue weighted by atomic mass is 10.2. The largest absolute Gasteiger partial charge is 0.495 e. The zero-order valence-electron chi connectivity index (χ0n) is 15.5. The van der Waals surface area contributed by atoms with E-state index in [4.69, 9.17) is 9.26 Å². The lowest BCUT2D eigenvalue weighted by molar-refractivity contribution is -0.384. The highest BCUT2D eigenvalue weighted by Crippen LogP contribution is 2.32. The van der Waals surface area contributed by atoms with Crippen molar-refractivity contribution >= 4 is 39.6 Å². The summed E-state index contributed by atoms with van der Waals surface area (Å²) in [4.78, 5) is 14.7. The summed E-state index contributed by atoms with van der Waals surface area (Å²) in [5.41, 5.74) is 1.28. The van der Waals surface area contributed by atoms with E-state index in [0.29, 0.717) is 33.9 Å². The molecule has 0 unspecified atom stereocenters. The first-order chi connectivity index (χ1) is 14.6. The van der Waals surface area contributed by atoms with Gasteiger partial charge < -0.3 is 14.6 Å².